The van der Waals surface area contributed by atoms with Crippen molar-refractivity contribution in [1.29, 1.82) is 0 Å². The molecule has 0 unspecified atom stereocenters. The second-order valence-corrected chi connectivity index (χ2v) is 10.5. The van der Waals surface area contributed by atoms with Crippen LogP contribution in [0.15, 0.2) is 29.2 Å². The molecular weight excluding hydrogens is 322 g/mol. The Morgan fingerprint density at radius 1 is 1.23 bits per heavy atom. The van der Waals surface area contributed by atoms with Gasteiger partial charge in [0.05, 0.1) is 16.4 Å². The molecule has 0 spiro atoms. The first-order chi connectivity index (χ1) is 10.1. The summed E-state index contributed by atoms with van der Waals surface area (Å²) in [6.45, 7) is 6.09. The fraction of sp³-hybridized carbons (Fsp3) is 0.600. The fourth-order valence-electron chi connectivity index (χ4n) is 2.65. The maximum atomic E-state index is 12.9. The van der Waals surface area contributed by atoms with Gasteiger partial charge in [0.2, 0.25) is 10.0 Å². The summed E-state index contributed by atoms with van der Waals surface area (Å²) in [4.78, 5) is 0.225. The third-order valence-corrected chi connectivity index (χ3v) is 7.47. The minimum atomic E-state index is -3.68. The van der Waals surface area contributed by atoms with E-state index in [0.717, 1.165) is 5.56 Å². The maximum absolute atomic E-state index is 12.9. The van der Waals surface area contributed by atoms with E-state index in [2.05, 4.69) is 0 Å². The molecule has 0 saturated carbocycles. The highest BCUT2D eigenvalue weighted by atomic mass is 32.2. The summed E-state index contributed by atoms with van der Waals surface area (Å²) in [6.07, 6.45) is 0.375. The summed E-state index contributed by atoms with van der Waals surface area (Å²) in [7, 11) is -6.81. The van der Waals surface area contributed by atoms with Crippen molar-refractivity contribution in [1.82, 2.24) is 4.31 Å². The normalized spacial score (nSPS) is 21.6. The average Bonchev–Trinajstić information content (AvgIpc) is 2.76. The number of benzene rings is 1. The molecule has 0 amide bonds. The van der Waals surface area contributed by atoms with E-state index in [9.17, 15) is 16.8 Å². The third-order valence-electron chi connectivity index (χ3n) is 3.79. The van der Waals surface area contributed by atoms with Crippen molar-refractivity contribution in [3.8, 4) is 0 Å². The number of sulfonamides is 1. The number of sulfone groups is 1. The van der Waals surface area contributed by atoms with Gasteiger partial charge in [-0.1, -0.05) is 31.5 Å². The van der Waals surface area contributed by atoms with E-state index < -0.39 is 25.9 Å². The largest absolute Gasteiger partial charge is 0.243 e. The molecular formula is C15H23NO4S2. The Hall–Kier alpha value is -0.920. The second kappa shape index (κ2) is 6.29. The minimum absolute atomic E-state index is 0.0652. The molecule has 1 fully saturated rings. The predicted molar refractivity (Wildman–Crippen MR) is 87.0 cm³/mol. The molecule has 0 radical (unpaired) electrons. The van der Waals surface area contributed by atoms with Gasteiger partial charge < -0.3 is 0 Å². The highest BCUT2D eigenvalue weighted by Gasteiger charge is 2.38. The van der Waals surface area contributed by atoms with E-state index >= 15 is 0 Å². The molecule has 1 heterocycles. The van der Waals surface area contributed by atoms with Crippen LogP contribution in [-0.4, -0.2) is 45.2 Å². The summed E-state index contributed by atoms with van der Waals surface area (Å²) in [5, 5.41) is 0. The highest BCUT2D eigenvalue weighted by molar-refractivity contribution is 7.92. The lowest BCUT2D eigenvalue weighted by molar-refractivity contribution is 0.308. The third kappa shape index (κ3) is 3.88. The van der Waals surface area contributed by atoms with Gasteiger partial charge in [0.15, 0.2) is 9.84 Å². The molecule has 1 aliphatic heterocycles. The van der Waals surface area contributed by atoms with Crippen LogP contribution in [0.4, 0.5) is 0 Å². The summed E-state index contributed by atoms with van der Waals surface area (Å²) < 4.78 is 50.6. The van der Waals surface area contributed by atoms with Gasteiger partial charge in [-0.15, -0.1) is 0 Å². The first-order valence-electron chi connectivity index (χ1n) is 7.41. The van der Waals surface area contributed by atoms with Crippen LogP contribution in [0.5, 0.6) is 0 Å². The van der Waals surface area contributed by atoms with Crippen LogP contribution in [-0.2, 0) is 19.9 Å². The van der Waals surface area contributed by atoms with Crippen LogP contribution >= 0.6 is 0 Å². The Kier molecular flexibility index (Phi) is 4.99. The van der Waals surface area contributed by atoms with Crippen LogP contribution < -0.4 is 0 Å². The van der Waals surface area contributed by atoms with Gasteiger partial charge in [0.25, 0.3) is 0 Å². The zero-order valence-electron chi connectivity index (χ0n) is 13.2. The molecule has 2 rings (SSSR count). The average molecular weight is 345 g/mol. The monoisotopic (exact) mass is 345 g/mol. The van der Waals surface area contributed by atoms with Crippen molar-refractivity contribution in [3.63, 3.8) is 0 Å². The van der Waals surface area contributed by atoms with Crippen molar-refractivity contribution >= 4 is 19.9 Å². The van der Waals surface area contributed by atoms with Crippen molar-refractivity contribution in [2.75, 3.05) is 18.1 Å². The van der Waals surface area contributed by atoms with Gasteiger partial charge in [0.1, 0.15) is 0 Å². The van der Waals surface area contributed by atoms with Crippen LogP contribution in [0, 0.1) is 12.8 Å². The van der Waals surface area contributed by atoms with Crippen molar-refractivity contribution in [3.05, 3.63) is 29.8 Å². The quantitative estimate of drug-likeness (QED) is 0.816. The van der Waals surface area contributed by atoms with Gasteiger partial charge >= 0.3 is 0 Å². The van der Waals surface area contributed by atoms with Crippen molar-refractivity contribution in [2.45, 2.75) is 38.1 Å². The number of hydrogen-bond acceptors (Lipinski definition) is 4. The Bertz CT molecular complexity index is 721. The van der Waals surface area contributed by atoms with Gasteiger partial charge in [-0.25, -0.2) is 16.8 Å². The second-order valence-electron chi connectivity index (χ2n) is 6.34. The molecule has 1 aromatic carbocycles. The first kappa shape index (κ1) is 17.4. The topological polar surface area (TPSA) is 71.5 Å². The molecule has 1 aromatic rings. The number of aryl methyl sites for hydroxylation is 1. The van der Waals surface area contributed by atoms with E-state index in [0.29, 0.717) is 13.0 Å². The standard InChI is InChI=1S/C15H23NO4S2/c1-12(2)10-16(14-8-9-21(17,18)11-14)22(19,20)15-6-4-13(3)5-7-15/h4-7,12,14H,8-11H2,1-3H3/t14-/m0/s1. The number of rotatable bonds is 5. The predicted octanol–water partition coefficient (Wildman–Crippen LogP) is 1.83. The molecule has 0 aromatic heterocycles. The minimum Gasteiger partial charge on any atom is -0.229 e. The molecule has 5 nitrogen and oxygen atoms in total. The molecule has 7 heteroatoms. The van der Waals surface area contributed by atoms with Gasteiger partial charge in [0, 0.05) is 12.6 Å². The SMILES string of the molecule is Cc1ccc(S(=O)(=O)N(CC(C)C)[C@H]2CCS(=O)(=O)C2)cc1. The lowest BCUT2D eigenvalue weighted by Gasteiger charge is -2.29. The summed E-state index contributed by atoms with van der Waals surface area (Å²) >= 11 is 0. The van der Waals surface area contributed by atoms with E-state index in [4.69, 9.17) is 0 Å². The lowest BCUT2D eigenvalue weighted by Crippen LogP contribution is -2.43. The van der Waals surface area contributed by atoms with E-state index in [1.165, 1.54) is 4.31 Å². The molecule has 1 saturated heterocycles. The Morgan fingerprint density at radius 3 is 2.27 bits per heavy atom. The zero-order valence-corrected chi connectivity index (χ0v) is 14.8. The fourth-order valence-corrected chi connectivity index (χ4v) is 6.29. The van der Waals surface area contributed by atoms with Crippen molar-refractivity contribution < 1.29 is 16.8 Å². The lowest BCUT2D eigenvalue weighted by atomic mass is 10.2. The van der Waals surface area contributed by atoms with Gasteiger partial charge in [-0.2, -0.15) is 4.31 Å². The van der Waals surface area contributed by atoms with Crippen LogP contribution in [0.25, 0.3) is 0 Å². The van der Waals surface area contributed by atoms with Crippen molar-refractivity contribution in [2.24, 2.45) is 5.92 Å². The maximum Gasteiger partial charge on any atom is 0.243 e. The number of nitrogens with zero attached hydrogens (tertiary/aromatic N) is 1. The summed E-state index contributed by atoms with van der Waals surface area (Å²) in [5.41, 5.74) is 0.984. The van der Waals surface area contributed by atoms with Crippen LogP contribution in [0.3, 0.4) is 0 Å². The number of hydrogen-bond donors (Lipinski definition) is 0. The molecule has 1 aliphatic rings. The molecule has 1 atom stereocenters. The van der Waals surface area contributed by atoms with E-state index in [1.807, 2.05) is 20.8 Å². The first-order valence-corrected chi connectivity index (χ1v) is 10.7. The van der Waals surface area contributed by atoms with Crippen LogP contribution in [0.2, 0.25) is 0 Å². The van der Waals surface area contributed by atoms with Gasteiger partial charge in [-0.3, -0.25) is 0 Å². The van der Waals surface area contributed by atoms with E-state index in [-0.39, 0.29) is 22.3 Å². The highest BCUT2D eigenvalue weighted by Crippen LogP contribution is 2.26. The molecule has 0 N–H and O–H groups in total. The van der Waals surface area contributed by atoms with E-state index in [1.54, 1.807) is 24.3 Å². The van der Waals surface area contributed by atoms with Crippen LogP contribution in [0.1, 0.15) is 25.8 Å². The zero-order chi connectivity index (χ0) is 16.5. The van der Waals surface area contributed by atoms with Gasteiger partial charge in [-0.05, 0) is 31.4 Å². The smallest absolute Gasteiger partial charge is 0.229 e. The summed E-state index contributed by atoms with van der Waals surface area (Å²) in [5.74, 6) is 0.115. The molecule has 124 valence electrons. The Balaban J connectivity index is 2.38. The molecule has 0 aliphatic carbocycles. The molecule has 0 bridgehead atoms. The Labute approximate surface area is 133 Å². The Morgan fingerprint density at radius 2 is 1.82 bits per heavy atom. The molecule has 22 heavy (non-hydrogen) atoms. The summed E-state index contributed by atoms with van der Waals surface area (Å²) in [6, 6.07) is 6.22.